The average molecular weight is 935 g/mol. The van der Waals surface area contributed by atoms with Crippen molar-refractivity contribution in [2.75, 3.05) is 26.4 Å². The predicted octanol–water partition coefficient (Wildman–Crippen LogP) is 7.22. The minimum Gasteiger partial charge on any atom is -0.462 e. The Morgan fingerprint density at radius 3 is 1.20 bits per heavy atom. The summed E-state index contributed by atoms with van der Waals surface area (Å²) in [5.74, 6) is -0.911. The van der Waals surface area contributed by atoms with Crippen LogP contribution in [-0.4, -0.2) is 142 Å². The minimum atomic E-state index is -1.76. The van der Waals surface area contributed by atoms with Crippen molar-refractivity contribution in [3.8, 4) is 0 Å². The van der Waals surface area contributed by atoms with E-state index in [2.05, 4.69) is 13.8 Å². The third kappa shape index (κ3) is 26.7. The van der Waals surface area contributed by atoms with Gasteiger partial charge in [-0.15, -0.1) is 0 Å². The zero-order valence-electron chi connectivity index (χ0n) is 40.5. The molecule has 0 aromatic carbocycles. The molecule has 15 heteroatoms. The molecule has 2 saturated heterocycles. The molecule has 0 aromatic heterocycles. The maximum absolute atomic E-state index is 13.0. The van der Waals surface area contributed by atoms with Gasteiger partial charge in [-0.3, -0.25) is 9.59 Å². The molecule has 2 fully saturated rings. The van der Waals surface area contributed by atoms with Crippen molar-refractivity contribution in [3.63, 3.8) is 0 Å². The fourth-order valence-electron chi connectivity index (χ4n) is 8.51. The molecule has 0 saturated carbocycles. The normalized spacial score (nSPS) is 26.3. The van der Waals surface area contributed by atoms with Gasteiger partial charge in [0.1, 0.15) is 55.4 Å². The number of aliphatic hydroxyl groups is 7. The molecule has 0 radical (unpaired) electrons. The predicted molar refractivity (Wildman–Crippen MR) is 248 cm³/mol. The van der Waals surface area contributed by atoms with Gasteiger partial charge in [-0.25, -0.2) is 0 Å². The highest BCUT2D eigenvalue weighted by atomic mass is 16.7. The number of carbonyl (C=O) groups is 2. The molecule has 2 aliphatic rings. The number of rotatable bonds is 41. The third-order valence-corrected chi connectivity index (χ3v) is 12.8. The summed E-state index contributed by atoms with van der Waals surface area (Å²) < 4.78 is 33.6. The molecule has 15 nitrogen and oxygen atoms in total. The highest BCUT2D eigenvalue weighted by molar-refractivity contribution is 5.70. The number of hydrogen-bond acceptors (Lipinski definition) is 15. The standard InChI is InChI=1S/C50H94O15/c1-3-5-7-9-11-13-15-16-17-18-19-20-21-23-24-26-28-30-32-41(52)60-35-38(63-42(53)33-31-29-27-25-22-14-12-10-8-6-4-2)36-61-49-48(59)46(57)44(55)40(65-49)37-62-50-47(58)45(56)43(54)39(34-51)64-50/h38-40,43-51,54-59H,3-37H2,1-2H3/t38-,39+,40+,43-,44-,45?,46?,47?,48?,49+,50+/m0/s1. The van der Waals surface area contributed by atoms with Gasteiger partial charge in [0.15, 0.2) is 18.7 Å². The van der Waals surface area contributed by atoms with Crippen molar-refractivity contribution in [2.24, 2.45) is 0 Å². The van der Waals surface area contributed by atoms with Crippen molar-refractivity contribution in [1.82, 2.24) is 0 Å². The van der Waals surface area contributed by atoms with E-state index in [0.29, 0.717) is 12.8 Å². The number of carbonyl (C=O) groups excluding carboxylic acids is 2. The second-order valence-electron chi connectivity index (χ2n) is 18.7. The maximum atomic E-state index is 13.0. The SMILES string of the molecule is CCCCCCCCCCCCCCCCCCCCC(=O)OC[C@@H](CO[C@@H]1O[C@H](CO[C@@H]2O[C@H](CO)[C@H](O)C(O)C2O)[C@H](O)C(O)C1O)OC(=O)CCCCCCCCCCCCC. The molecule has 2 aliphatic heterocycles. The minimum absolute atomic E-state index is 0.172. The molecule has 0 amide bonds. The van der Waals surface area contributed by atoms with Crippen LogP contribution in [0.2, 0.25) is 0 Å². The molecule has 2 rings (SSSR count). The van der Waals surface area contributed by atoms with E-state index in [1.165, 1.54) is 135 Å². The average Bonchev–Trinajstić information content (AvgIpc) is 3.30. The highest BCUT2D eigenvalue weighted by Gasteiger charge is 2.47. The molecular weight excluding hydrogens is 841 g/mol. The molecule has 7 N–H and O–H groups in total. The van der Waals surface area contributed by atoms with E-state index in [1.54, 1.807) is 0 Å². The molecule has 0 aromatic rings. The smallest absolute Gasteiger partial charge is 0.306 e. The van der Waals surface area contributed by atoms with Gasteiger partial charge >= 0.3 is 11.9 Å². The summed E-state index contributed by atoms with van der Waals surface area (Å²) in [7, 11) is 0. The molecule has 65 heavy (non-hydrogen) atoms. The first kappa shape index (κ1) is 59.6. The van der Waals surface area contributed by atoms with Crippen LogP contribution in [0.4, 0.5) is 0 Å². The maximum Gasteiger partial charge on any atom is 0.306 e. The van der Waals surface area contributed by atoms with Crippen LogP contribution in [0.1, 0.15) is 213 Å². The molecule has 384 valence electrons. The van der Waals surface area contributed by atoms with Gasteiger partial charge in [0.05, 0.1) is 19.8 Å². The van der Waals surface area contributed by atoms with Crippen LogP contribution in [0.15, 0.2) is 0 Å². The Balaban J connectivity index is 1.77. The van der Waals surface area contributed by atoms with E-state index in [4.69, 9.17) is 28.4 Å². The Morgan fingerprint density at radius 2 is 0.785 bits per heavy atom. The van der Waals surface area contributed by atoms with Crippen molar-refractivity contribution in [3.05, 3.63) is 0 Å². The lowest BCUT2D eigenvalue weighted by atomic mass is 9.98. The number of esters is 2. The Labute approximate surface area is 391 Å². The Hall–Kier alpha value is -1.50. The van der Waals surface area contributed by atoms with Crippen LogP contribution in [0, 0.1) is 0 Å². The van der Waals surface area contributed by atoms with Gasteiger partial charge < -0.3 is 64.2 Å². The van der Waals surface area contributed by atoms with E-state index in [0.717, 1.165) is 38.5 Å². The summed E-state index contributed by atoms with van der Waals surface area (Å²) in [5, 5.41) is 72.0. The van der Waals surface area contributed by atoms with Gasteiger partial charge in [0.2, 0.25) is 0 Å². The largest absolute Gasteiger partial charge is 0.462 e. The van der Waals surface area contributed by atoms with Crippen molar-refractivity contribution >= 4 is 11.9 Å². The fourth-order valence-corrected chi connectivity index (χ4v) is 8.51. The second-order valence-corrected chi connectivity index (χ2v) is 18.7. The van der Waals surface area contributed by atoms with Gasteiger partial charge in [-0.1, -0.05) is 187 Å². The molecular formula is C50H94O15. The first-order chi connectivity index (χ1) is 31.5. The van der Waals surface area contributed by atoms with Crippen molar-refractivity contribution in [2.45, 2.75) is 280 Å². The van der Waals surface area contributed by atoms with Crippen LogP contribution in [0.3, 0.4) is 0 Å². The summed E-state index contributed by atoms with van der Waals surface area (Å²) >= 11 is 0. The molecule has 4 unspecified atom stereocenters. The zero-order chi connectivity index (χ0) is 47.5. The van der Waals surface area contributed by atoms with E-state index >= 15 is 0 Å². The van der Waals surface area contributed by atoms with E-state index in [9.17, 15) is 45.3 Å². The summed E-state index contributed by atoms with van der Waals surface area (Å²) in [4.78, 5) is 25.7. The highest BCUT2D eigenvalue weighted by Crippen LogP contribution is 2.27. The molecule has 0 aliphatic carbocycles. The number of aliphatic hydroxyl groups excluding tert-OH is 7. The first-order valence-corrected chi connectivity index (χ1v) is 26.1. The van der Waals surface area contributed by atoms with Crippen LogP contribution in [0.25, 0.3) is 0 Å². The summed E-state index contributed by atoms with van der Waals surface area (Å²) in [6.45, 7) is 2.61. The summed E-state index contributed by atoms with van der Waals surface area (Å²) in [6, 6.07) is 0. The lowest BCUT2D eigenvalue weighted by molar-refractivity contribution is -0.332. The lowest BCUT2D eigenvalue weighted by Crippen LogP contribution is -2.61. The van der Waals surface area contributed by atoms with Crippen LogP contribution < -0.4 is 0 Å². The summed E-state index contributed by atoms with van der Waals surface area (Å²) in [6.07, 6.45) is 18.5. The molecule has 2 heterocycles. The van der Waals surface area contributed by atoms with Gasteiger partial charge in [-0.2, -0.15) is 0 Å². The third-order valence-electron chi connectivity index (χ3n) is 12.8. The molecule has 0 spiro atoms. The lowest BCUT2D eigenvalue weighted by Gasteiger charge is -2.42. The Kier molecular flexibility index (Phi) is 35.2. The van der Waals surface area contributed by atoms with Crippen LogP contribution in [0.5, 0.6) is 0 Å². The van der Waals surface area contributed by atoms with E-state index < -0.39 is 92.7 Å². The number of hydrogen-bond donors (Lipinski definition) is 7. The van der Waals surface area contributed by atoms with Crippen LogP contribution in [-0.2, 0) is 38.0 Å². The zero-order valence-corrected chi connectivity index (χ0v) is 40.5. The first-order valence-electron chi connectivity index (χ1n) is 26.1. The van der Waals surface area contributed by atoms with Gasteiger partial charge in [0.25, 0.3) is 0 Å². The molecule has 11 atom stereocenters. The fraction of sp³-hybridized carbons (Fsp3) is 0.960. The Morgan fingerprint density at radius 1 is 0.431 bits per heavy atom. The summed E-state index contributed by atoms with van der Waals surface area (Å²) in [5.41, 5.74) is 0. The Bertz CT molecular complexity index is 1150. The van der Waals surface area contributed by atoms with Crippen LogP contribution >= 0.6 is 0 Å². The van der Waals surface area contributed by atoms with Crippen molar-refractivity contribution < 1.29 is 73.8 Å². The quantitative estimate of drug-likeness (QED) is 0.0237. The second kappa shape index (κ2) is 38.4. The van der Waals surface area contributed by atoms with E-state index in [1.807, 2.05) is 0 Å². The van der Waals surface area contributed by atoms with Gasteiger partial charge in [0, 0.05) is 12.8 Å². The van der Waals surface area contributed by atoms with Crippen molar-refractivity contribution in [1.29, 1.82) is 0 Å². The van der Waals surface area contributed by atoms with Gasteiger partial charge in [-0.05, 0) is 12.8 Å². The monoisotopic (exact) mass is 935 g/mol. The number of unbranched alkanes of at least 4 members (excludes halogenated alkanes) is 27. The number of ether oxygens (including phenoxy) is 6. The molecule has 0 bridgehead atoms. The van der Waals surface area contributed by atoms with E-state index in [-0.39, 0.29) is 26.1 Å². The topological polar surface area (TPSA) is 231 Å².